The summed E-state index contributed by atoms with van der Waals surface area (Å²) in [5.41, 5.74) is 6.96. The third-order valence-corrected chi connectivity index (χ3v) is 4.52. The standard InChI is InChI=1S/C15H24N2O3S/c1-5-7-11(8-16)13(18)17-14-12(15(19)20-6-2)9(3)10(4)21-14/h11H,5-8,16H2,1-4H3,(H,17,18). The highest BCUT2D eigenvalue weighted by atomic mass is 32.1. The molecule has 0 aliphatic carbocycles. The molecule has 5 nitrogen and oxygen atoms in total. The second kappa shape index (κ2) is 8.14. The summed E-state index contributed by atoms with van der Waals surface area (Å²) in [7, 11) is 0. The van der Waals surface area contributed by atoms with Crippen molar-refractivity contribution < 1.29 is 14.3 Å². The van der Waals surface area contributed by atoms with Crippen molar-refractivity contribution in [2.24, 2.45) is 11.7 Å². The van der Waals surface area contributed by atoms with Gasteiger partial charge in [-0.3, -0.25) is 4.79 Å². The lowest BCUT2D eigenvalue weighted by atomic mass is 10.0. The third kappa shape index (κ3) is 4.28. The topological polar surface area (TPSA) is 81.4 Å². The Kier molecular flexibility index (Phi) is 6.84. The summed E-state index contributed by atoms with van der Waals surface area (Å²) in [5.74, 6) is -0.756. The highest BCUT2D eigenvalue weighted by Gasteiger charge is 2.24. The Morgan fingerprint density at radius 1 is 1.33 bits per heavy atom. The van der Waals surface area contributed by atoms with Gasteiger partial charge in [-0.25, -0.2) is 4.79 Å². The molecule has 0 aliphatic rings. The number of thiophene rings is 1. The lowest BCUT2D eigenvalue weighted by Gasteiger charge is -2.14. The molecule has 1 atom stereocenters. The largest absolute Gasteiger partial charge is 0.462 e. The molecular formula is C15H24N2O3S. The van der Waals surface area contributed by atoms with Gasteiger partial charge in [0.15, 0.2) is 0 Å². The molecule has 0 spiro atoms. The molecule has 1 rings (SSSR count). The number of ether oxygens (including phenoxy) is 1. The first-order chi connectivity index (χ1) is 9.96. The Labute approximate surface area is 129 Å². The van der Waals surface area contributed by atoms with E-state index in [9.17, 15) is 9.59 Å². The van der Waals surface area contributed by atoms with Gasteiger partial charge in [-0.1, -0.05) is 13.3 Å². The van der Waals surface area contributed by atoms with Crippen molar-refractivity contribution in [2.75, 3.05) is 18.5 Å². The number of anilines is 1. The van der Waals surface area contributed by atoms with Crippen molar-refractivity contribution >= 4 is 28.2 Å². The second-order valence-corrected chi connectivity index (χ2v) is 6.14. The highest BCUT2D eigenvalue weighted by Crippen LogP contribution is 2.33. The molecule has 6 heteroatoms. The van der Waals surface area contributed by atoms with Crippen molar-refractivity contribution in [3.05, 3.63) is 16.0 Å². The van der Waals surface area contributed by atoms with Crippen LogP contribution in [0.5, 0.6) is 0 Å². The van der Waals surface area contributed by atoms with Crippen LogP contribution >= 0.6 is 11.3 Å². The van der Waals surface area contributed by atoms with E-state index in [1.165, 1.54) is 11.3 Å². The number of amides is 1. The van der Waals surface area contributed by atoms with E-state index in [4.69, 9.17) is 10.5 Å². The van der Waals surface area contributed by atoms with Crippen molar-refractivity contribution in [3.8, 4) is 0 Å². The van der Waals surface area contributed by atoms with Crippen LogP contribution in [0.3, 0.4) is 0 Å². The number of esters is 1. The van der Waals surface area contributed by atoms with E-state index < -0.39 is 5.97 Å². The maximum atomic E-state index is 12.3. The quantitative estimate of drug-likeness (QED) is 0.759. The van der Waals surface area contributed by atoms with Crippen molar-refractivity contribution in [1.29, 1.82) is 0 Å². The van der Waals surface area contributed by atoms with E-state index >= 15 is 0 Å². The minimum atomic E-state index is -0.394. The molecular weight excluding hydrogens is 288 g/mol. The molecule has 1 heterocycles. The molecule has 1 aromatic heterocycles. The Morgan fingerprint density at radius 2 is 2.00 bits per heavy atom. The SMILES string of the molecule is CCCC(CN)C(=O)Nc1sc(C)c(C)c1C(=O)OCC. The van der Waals surface area contributed by atoms with Gasteiger partial charge in [0.1, 0.15) is 5.00 Å². The number of rotatable bonds is 7. The van der Waals surface area contributed by atoms with E-state index in [-0.39, 0.29) is 11.8 Å². The second-order valence-electron chi connectivity index (χ2n) is 4.92. The summed E-state index contributed by atoms with van der Waals surface area (Å²) in [4.78, 5) is 25.3. The zero-order chi connectivity index (χ0) is 16.0. The fourth-order valence-corrected chi connectivity index (χ4v) is 3.13. The maximum absolute atomic E-state index is 12.3. The Hall–Kier alpha value is -1.40. The molecule has 0 bridgehead atoms. The Morgan fingerprint density at radius 3 is 2.52 bits per heavy atom. The summed E-state index contributed by atoms with van der Waals surface area (Å²) in [6.07, 6.45) is 1.63. The molecule has 1 aromatic rings. The number of nitrogens with two attached hydrogens (primary N) is 1. The van der Waals surface area contributed by atoms with Gasteiger partial charge in [-0.15, -0.1) is 11.3 Å². The molecule has 0 saturated carbocycles. The van der Waals surface area contributed by atoms with E-state index in [0.29, 0.717) is 23.7 Å². The van der Waals surface area contributed by atoms with Crippen LogP contribution in [-0.4, -0.2) is 25.0 Å². The van der Waals surface area contributed by atoms with E-state index in [2.05, 4.69) is 5.32 Å². The summed E-state index contributed by atoms with van der Waals surface area (Å²) in [6, 6.07) is 0. The lowest BCUT2D eigenvalue weighted by molar-refractivity contribution is -0.119. The van der Waals surface area contributed by atoms with Crippen LogP contribution in [0.2, 0.25) is 0 Å². The van der Waals surface area contributed by atoms with Gasteiger partial charge in [-0.2, -0.15) is 0 Å². The maximum Gasteiger partial charge on any atom is 0.341 e. The Bertz CT molecular complexity index is 511. The van der Waals surface area contributed by atoms with Gasteiger partial charge in [0.25, 0.3) is 0 Å². The number of hydrogen-bond acceptors (Lipinski definition) is 5. The van der Waals surface area contributed by atoms with Crippen LogP contribution in [0.25, 0.3) is 0 Å². The van der Waals surface area contributed by atoms with E-state index in [1.807, 2.05) is 20.8 Å². The van der Waals surface area contributed by atoms with Crippen LogP contribution in [0.4, 0.5) is 5.00 Å². The summed E-state index contributed by atoms with van der Waals surface area (Å²) >= 11 is 1.40. The van der Waals surface area contributed by atoms with Crippen molar-refractivity contribution in [3.63, 3.8) is 0 Å². The predicted octanol–water partition coefficient (Wildman–Crippen LogP) is 2.86. The van der Waals surface area contributed by atoms with Crippen LogP contribution in [-0.2, 0) is 9.53 Å². The molecule has 118 valence electrons. The van der Waals surface area contributed by atoms with Crippen molar-refractivity contribution in [2.45, 2.75) is 40.5 Å². The molecule has 3 N–H and O–H groups in total. The predicted molar refractivity (Wildman–Crippen MR) is 85.8 cm³/mol. The van der Waals surface area contributed by atoms with E-state index in [1.54, 1.807) is 6.92 Å². The molecule has 0 aromatic carbocycles. The molecule has 0 saturated heterocycles. The van der Waals surface area contributed by atoms with Crippen LogP contribution in [0, 0.1) is 19.8 Å². The third-order valence-electron chi connectivity index (χ3n) is 3.39. The minimum Gasteiger partial charge on any atom is -0.462 e. The lowest BCUT2D eigenvalue weighted by Crippen LogP contribution is -2.29. The normalized spacial score (nSPS) is 12.0. The zero-order valence-corrected chi connectivity index (χ0v) is 13.9. The minimum absolute atomic E-state index is 0.133. The summed E-state index contributed by atoms with van der Waals surface area (Å²) in [6.45, 7) is 8.17. The smallest absolute Gasteiger partial charge is 0.341 e. The van der Waals surface area contributed by atoms with Crippen molar-refractivity contribution in [1.82, 2.24) is 0 Å². The first kappa shape index (κ1) is 17.7. The molecule has 21 heavy (non-hydrogen) atoms. The van der Waals surface area contributed by atoms with Gasteiger partial charge in [0.05, 0.1) is 18.1 Å². The number of carbonyl (C=O) groups excluding carboxylic acids is 2. The summed E-state index contributed by atoms with van der Waals surface area (Å²) < 4.78 is 5.07. The van der Waals surface area contributed by atoms with Gasteiger partial charge >= 0.3 is 5.97 Å². The average Bonchev–Trinajstić information content (AvgIpc) is 2.71. The summed E-state index contributed by atoms with van der Waals surface area (Å²) in [5, 5.41) is 3.40. The number of hydrogen-bond donors (Lipinski definition) is 2. The molecule has 0 fully saturated rings. The first-order valence-electron chi connectivity index (χ1n) is 7.24. The number of carbonyl (C=O) groups is 2. The molecule has 0 aliphatic heterocycles. The monoisotopic (exact) mass is 312 g/mol. The van der Waals surface area contributed by atoms with Crippen LogP contribution in [0.15, 0.2) is 0 Å². The van der Waals surface area contributed by atoms with Crippen LogP contribution < -0.4 is 11.1 Å². The van der Waals surface area contributed by atoms with E-state index in [0.717, 1.165) is 23.3 Å². The van der Waals surface area contributed by atoms with Crippen LogP contribution in [0.1, 0.15) is 47.5 Å². The fraction of sp³-hybridized carbons (Fsp3) is 0.600. The number of nitrogens with one attached hydrogen (secondary N) is 1. The first-order valence-corrected chi connectivity index (χ1v) is 8.05. The molecule has 0 radical (unpaired) electrons. The van der Waals surface area contributed by atoms with Gasteiger partial charge in [0.2, 0.25) is 5.91 Å². The fourth-order valence-electron chi connectivity index (χ4n) is 2.08. The zero-order valence-electron chi connectivity index (χ0n) is 13.1. The molecule has 1 unspecified atom stereocenters. The number of aryl methyl sites for hydroxylation is 1. The van der Waals surface area contributed by atoms with Gasteiger partial charge < -0.3 is 15.8 Å². The Balaban J connectivity index is 3.00. The average molecular weight is 312 g/mol. The van der Waals surface area contributed by atoms with Gasteiger partial charge in [-0.05, 0) is 32.8 Å². The molecule has 1 amide bonds. The van der Waals surface area contributed by atoms with Gasteiger partial charge in [0, 0.05) is 11.4 Å². The highest BCUT2D eigenvalue weighted by molar-refractivity contribution is 7.16.